The van der Waals surface area contributed by atoms with Crippen molar-refractivity contribution in [3.8, 4) is 0 Å². The number of hydrogen-bond donors (Lipinski definition) is 1. The number of benzene rings is 1. The van der Waals surface area contributed by atoms with Gasteiger partial charge in [0, 0.05) is 17.0 Å². The van der Waals surface area contributed by atoms with Gasteiger partial charge in [0.2, 0.25) is 0 Å². The van der Waals surface area contributed by atoms with E-state index in [0.29, 0.717) is 0 Å². The molecule has 100 valence electrons. The second kappa shape index (κ2) is 7.20. The highest BCUT2D eigenvalue weighted by molar-refractivity contribution is 7.99. The molecular formula is C16H25NS. The van der Waals surface area contributed by atoms with E-state index < -0.39 is 0 Å². The maximum atomic E-state index is 3.71. The molecule has 1 fully saturated rings. The zero-order chi connectivity index (χ0) is 12.8. The third-order valence-electron chi connectivity index (χ3n) is 3.66. The van der Waals surface area contributed by atoms with E-state index in [1.54, 1.807) is 0 Å². The minimum absolute atomic E-state index is 0.750. The Balaban J connectivity index is 1.81. The molecule has 0 aromatic heterocycles. The fraction of sp³-hybridized carbons (Fsp3) is 0.625. The molecule has 1 aliphatic carbocycles. The van der Waals surface area contributed by atoms with Crippen LogP contribution in [-0.2, 0) is 5.75 Å². The lowest BCUT2D eigenvalue weighted by Gasteiger charge is -2.20. The Morgan fingerprint density at radius 1 is 1.33 bits per heavy atom. The van der Waals surface area contributed by atoms with Crippen molar-refractivity contribution in [1.82, 2.24) is 5.32 Å². The summed E-state index contributed by atoms with van der Waals surface area (Å²) in [6.07, 6.45) is 5.39. The summed E-state index contributed by atoms with van der Waals surface area (Å²) in [5.41, 5.74) is 2.85. The minimum Gasteiger partial charge on any atom is -0.313 e. The molecule has 2 rings (SSSR count). The Morgan fingerprint density at radius 2 is 2.22 bits per heavy atom. The first-order valence-electron chi connectivity index (χ1n) is 7.20. The molecule has 1 N–H and O–H groups in total. The highest BCUT2D eigenvalue weighted by Crippen LogP contribution is 2.32. The van der Waals surface area contributed by atoms with Gasteiger partial charge in [-0.05, 0) is 38.3 Å². The van der Waals surface area contributed by atoms with Gasteiger partial charge in [-0.2, -0.15) is 11.8 Å². The van der Waals surface area contributed by atoms with Gasteiger partial charge in [-0.1, -0.05) is 43.2 Å². The first-order valence-corrected chi connectivity index (χ1v) is 8.25. The Labute approximate surface area is 116 Å². The van der Waals surface area contributed by atoms with E-state index in [-0.39, 0.29) is 0 Å². The Kier molecular flexibility index (Phi) is 5.58. The smallest absolute Gasteiger partial charge is 0.0204 e. The van der Waals surface area contributed by atoms with Crippen LogP contribution in [0.3, 0.4) is 0 Å². The molecule has 0 saturated heterocycles. The third kappa shape index (κ3) is 4.03. The van der Waals surface area contributed by atoms with Crippen LogP contribution in [0.15, 0.2) is 24.3 Å². The summed E-state index contributed by atoms with van der Waals surface area (Å²) in [5.74, 6) is 1.16. The Bertz CT molecular complexity index is 364. The van der Waals surface area contributed by atoms with Crippen molar-refractivity contribution in [3.63, 3.8) is 0 Å². The van der Waals surface area contributed by atoms with Crippen LogP contribution in [0.4, 0.5) is 0 Å². The van der Waals surface area contributed by atoms with Gasteiger partial charge >= 0.3 is 0 Å². The summed E-state index contributed by atoms with van der Waals surface area (Å²) < 4.78 is 0. The average molecular weight is 263 g/mol. The van der Waals surface area contributed by atoms with E-state index in [0.717, 1.165) is 17.0 Å². The SMILES string of the molecule is CCCNC1CCCC1SCc1cccc(C)c1. The van der Waals surface area contributed by atoms with Gasteiger partial charge in [0.15, 0.2) is 0 Å². The maximum Gasteiger partial charge on any atom is 0.0204 e. The largest absolute Gasteiger partial charge is 0.313 e. The van der Waals surface area contributed by atoms with Crippen molar-refractivity contribution in [2.24, 2.45) is 0 Å². The first-order chi connectivity index (χ1) is 8.79. The molecule has 2 atom stereocenters. The standard InChI is InChI=1S/C16H25NS/c1-3-10-17-15-8-5-9-16(15)18-12-14-7-4-6-13(2)11-14/h4,6-7,11,15-17H,3,5,8-10,12H2,1-2H3. The van der Waals surface area contributed by atoms with Crippen molar-refractivity contribution >= 4 is 11.8 Å². The van der Waals surface area contributed by atoms with Crippen LogP contribution in [0.2, 0.25) is 0 Å². The second-order valence-electron chi connectivity index (χ2n) is 5.33. The summed E-state index contributed by atoms with van der Waals surface area (Å²) in [6, 6.07) is 9.67. The zero-order valence-corrected chi connectivity index (χ0v) is 12.4. The molecule has 1 saturated carbocycles. The van der Waals surface area contributed by atoms with Crippen LogP contribution in [0, 0.1) is 6.92 Å². The minimum atomic E-state index is 0.750. The molecule has 0 heterocycles. The van der Waals surface area contributed by atoms with E-state index in [1.165, 1.54) is 43.4 Å². The van der Waals surface area contributed by atoms with Gasteiger partial charge in [-0.15, -0.1) is 0 Å². The van der Waals surface area contributed by atoms with E-state index in [1.807, 2.05) is 0 Å². The Hall–Kier alpha value is -0.470. The van der Waals surface area contributed by atoms with Crippen molar-refractivity contribution in [3.05, 3.63) is 35.4 Å². The van der Waals surface area contributed by atoms with Crippen LogP contribution in [-0.4, -0.2) is 17.8 Å². The fourth-order valence-electron chi connectivity index (χ4n) is 2.69. The fourth-order valence-corrected chi connectivity index (χ4v) is 4.08. The molecule has 2 unspecified atom stereocenters. The first kappa shape index (κ1) is 14.0. The number of thioether (sulfide) groups is 1. The van der Waals surface area contributed by atoms with Crippen LogP contribution in [0.1, 0.15) is 43.7 Å². The molecule has 0 bridgehead atoms. The summed E-state index contributed by atoms with van der Waals surface area (Å²) >= 11 is 2.14. The van der Waals surface area contributed by atoms with Gasteiger partial charge in [-0.3, -0.25) is 0 Å². The van der Waals surface area contributed by atoms with Gasteiger partial charge in [0.05, 0.1) is 0 Å². The van der Waals surface area contributed by atoms with Crippen molar-refractivity contribution in [1.29, 1.82) is 0 Å². The lowest BCUT2D eigenvalue weighted by molar-refractivity contribution is 0.531. The summed E-state index contributed by atoms with van der Waals surface area (Å²) in [5, 5.41) is 4.52. The molecule has 1 nitrogen and oxygen atoms in total. The van der Waals surface area contributed by atoms with Crippen molar-refractivity contribution in [2.75, 3.05) is 6.54 Å². The number of hydrogen-bond acceptors (Lipinski definition) is 2. The van der Waals surface area contributed by atoms with Gasteiger partial charge in [0.25, 0.3) is 0 Å². The lowest BCUT2D eigenvalue weighted by atomic mass is 10.2. The molecular weight excluding hydrogens is 238 g/mol. The van der Waals surface area contributed by atoms with Crippen molar-refractivity contribution in [2.45, 2.75) is 56.6 Å². The van der Waals surface area contributed by atoms with Crippen molar-refractivity contribution < 1.29 is 0 Å². The molecule has 1 aromatic rings. The van der Waals surface area contributed by atoms with E-state index in [2.05, 4.69) is 55.2 Å². The molecule has 1 aromatic carbocycles. The number of aryl methyl sites for hydroxylation is 1. The van der Waals surface area contributed by atoms with Crippen LogP contribution in [0.25, 0.3) is 0 Å². The average Bonchev–Trinajstić information content (AvgIpc) is 2.81. The predicted molar refractivity (Wildman–Crippen MR) is 82.2 cm³/mol. The topological polar surface area (TPSA) is 12.0 Å². The normalized spacial score (nSPS) is 23.4. The molecule has 0 amide bonds. The van der Waals surface area contributed by atoms with E-state index in [4.69, 9.17) is 0 Å². The number of nitrogens with one attached hydrogen (secondary N) is 1. The molecule has 0 spiro atoms. The second-order valence-corrected chi connectivity index (χ2v) is 6.56. The van der Waals surface area contributed by atoms with Gasteiger partial charge in [-0.25, -0.2) is 0 Å². The third-order valence-corrected chi connectivity index (χ3v) is 5.15. The molecule has 0 aliphatic heterocycles. The lowest BCUT2D eigenvalue weighted by Crippen LogP contribution is -2.34. The molecule has 1 aliphatic rings. The highest BCUT2D eigenvalue weighted by Gasteiger charge is 2.26. The molecule has 18 heavy (non-hydrogen) atoms. The van der Waals surface area contributed by atoms with E-state index >= 15 is 0 Å². The highest BCUT2D eigenvalue weighted by atomic mass is 32.2. The van der Waals surface area contributed by atoms with Crippen LogP contribution in [0.5, 0.6) is 0 Å². The number of rotatable bonds is 6. The summed E-state index contributed by atoms with van der Waals surface area (Å²) in [4.78, 5) is 0. The zero-order valence-electron chi connectivity index (χ0n) is 11.6. The summed E-state index contributed by atoms with van der Waals surface area (Å²) in [6.45, 7) is 5.60. The van der Waals surface area contributed by atoms with E-state index in [9.17, 15) is 0 Å². The van der Waals surface area contributed by atoms with Crippen LogP contribution >= 0.6 is 11.8 Å². The molecule has 2 heteroatoms. The van der Waals surface area contributed by atoms with Crippen LogP contribution < -0.4 is 5.32 Å². The monoisotopic (exact) mass is 263 g/mol. The van der Waals surface area contributed by atoms with Gasteiger partial charge < -0.3 is 5.32 Å². The predicted octanol–water partition coefficient (Wildman–Crippen LogP) is 4.15. The quantitative estimate of drug-likeness (QED) is 0.827. The molecule has 0 radical (unpaired) electrons. The Morgan fingerprint density at radius 3 is 3.00 bits per heavy atom. The van der Waals surface area contributed by atoms with Gasteiger partial charge in [0.1, 0.15) is 0 Å². The summed E-state index contributed by atoms with van der Waals surface area (Å²) in [7, 11) is 0. The maximum absolute atomic E-state index is 3.71.